The van der Waals surface area contributed by atoms with Crippen molar-refractivity contribution in [1.82, 2.24) is 4.72 Å². The van der Waals surface area contributed by atoms with Crippen molar-refractivity contribution in [2.45, 2.75) is 44.9 Å². The van der Waals surface area contributed by atoms with Crippen LogP contribution in [0, 0.1) is 0 Å². The molecule has 0 saturated heterocycles. The third kappa shape index (κ3) is 3.62. The molecule has 3 N–H and O–H groups in total. The smallest absolute Gasteiger partial charge is 0.216 e. The Bertz CT molecular complexity index is 237. The van der Waals surface area contributed by atoms with E-state index < -0.39 is 14.8 Å². The lowest BCUT2D eigenvalue weighted by Gasteiger charge is -2.23. The quantitative estimate of drug-likeness (QED) is 0.704. The van der Waals surface area contributed by atoms with E-state index in [2.05, 4.69) is 4.72 Å². The molecule has 13 heavy (non-hydrogen) atoms. The Kier molecular flexibility index (Phi) is 4.35. The molecule has 0 aliphatic rings. The van der Waals surface area contributed by atoms with Gasteiger partial charge >= 0.3 is 0 Å². The highest BCUT2D eigenvalue weighted by molar-refractivity contribution is 7.90. The Morgan fingerprint density at radius 3 is 2.08 bits per heavy atom. The topological polar surface area (TPSA) is 72.2 Å². The lowest BCUT2D eigenvalue weighted by molar-refractivity contribution is 0.514. The highest BCUT2D eigenvalue weighted by Crippen LogP contribution is 2.13. The Balaban J connectivity index is 4.52. The van der Waals surface area contributed by atoms with Crippen LogP contribution in [0.1, 0.15) is 34.1 Å². The highest BCUT2D eigenvalue weighted by atomic mass is 32.2. The molecule has 0 radical (unpaired) electrons. The van der Waals surface area contributed by atoms with Gasteiger partial charge < -0.3 is 5.73 Å². The summed E-state index contributed by atoms with van der Waals surface area (Å²) in [4.78, 5) is 0. The first kappa shape index (κ1) is 12.9. The molecule has 5 heteroatoms. The van der Waals surface area contributed by atoms with Crippen molar-refractivity contribution in [1.29, 1.82) is 0 Å². The monoisotopic (exact) mass is 208 g/mol. The minimum absolute atomic E-state index is 0.149. The normalized spacial score (nSPS) is 15.8. The molecule has 0 spiro atoms. The van der Waals surface area contributed by atoms with Gasteiger partial charge in [-0.3, -0.25) is 0 Å². The van der Waals surface area contributed by atoms with Crippen LogP contribution >= 0.6 is 0 Å². The number of nitrogens with two attached hydrogens (primary N) is 1. The van der Waals surface area contributed by atoms with Crippen LogP contribution in [0.3, 0.4) is 0 Å². The summed E-state index contributed by atoms with van der Waals surface area (Å²) in [7, 11) is -3.25. The second kappa shape index (κ2) is 4.39. The largest absolute Gasteiger partial charge is 0.329 e. The third-order valence-electron chi connectivity index (χ3n) is 1.91. The van der Waals surface area contributed by atoms with Gasteiger partial charge in [-0.1, -0.05) is 6.92 Å². The fourth-order valence-electron chi connectivity index (χ4n) is 0.694. The van der Waals surface area contributed by atoms with Crippen LogP contribution < -0.4 is 10.5 Å². The molecule has 0 aliphatic heterocycles. The van der Waals surface area contributed by atoms with Crippen LogP contribution in [-0.2, 0) is 10.0 Å². The van der Waals surface area contributed by atoms with Crippen molar-refractivity contribution in [2.75, 3.05) is 6.54 Å². The zero-order valence-corrected chi connectivity index (χ0v) is 9.61. The predicted molar refractivity (Wildman–Crippen MR) is 54.9 cm³/mol. The van der Waals surface area contributed by atoms with Crippen LogP contribution in [0.25, 0.3) is 0 Å². The molecule has 0 aliphatic carbocycles. The van der Waals surface area contributed by atoms with E-state index >= 15 is 0 Å². The molecule has 0 rings (SSSR count). The van der Waals surface area contributed by atoms with Gasteiger partial charge in [0, 0.05) is 12.6 Å². The van der Waals surface area contributed by atoms with Gasteiger partial charge in [-0.15, -0.1) is 0 Å². The maximum Gasteiger partial charge on any atom is 0.216 e. The van der Waals surface area contributed by atoms with E-state index in [0.717, 1.165) is 0 Å². The van der Waals surface area contributed by atoms with Crippen LogP contribution in [-0.4, -0.2) is 25.8 Å². The molecule has 4 nitrogen and oxygen atoms in total. The van der Waals surface area contributed by atoms with E-state index in [1.54, 1.807) is 20.8 Å². The van der Waals surface area contributed by atoms with Gasteiger partial charge in [0.1, 0.15) is 0 Å². The SMILES string of the molecule is CCC(CN)NS(=O)(=O)C(C)(C)C. The predicted octanol–water partition coefficient (Wildman–Crippen LogP) is 0.442. The maximum atomic E-state index is 11.6. The zero-order valence-electron chi connectivity index (χ0n) is 8.79. The fourth-order valence-corrected chi connectivity index (χ4v) is 1.75. The summed E-state index contributed by atoms with van der Waals surface area (Å²) >= 11 is 0. The van der Waals surface area contributed by atoms with Crippen molar-refractivity contribution in [2.24, 2.45) is 5.73 Å². The van der Waals surface area contributed by atoms with E-state index in [4.69, 9.17) is 5.73 Å². The Morgan fingerprint density at radius 2 is 1.85 bits per heavy atom. The van der Waals surface area contributed by atoms with Gasteiger partial charge in [0.25, 0.3) is 0 Å². The van der Waals surface area contributed by atoms with Crippen molar-refractivity contribution in [3.05, 3.63) is 0 Å². The number of sulfonamides is 1. The molecule has 0 aromatic heterocycles. The maximum absolute atomic E-state index is 11.6. The molecule has 0 bridgehead atoms. The van der Waals surface area contributed by atoms with Gasteiger partial charge in [-0.05, 0) is 27.2 Å². The molecular weight excluding hydrogens is 188 g/mol. The number of rotatable bonds is 4. The summed E-state index contributed by atoms with van der Waals surface area (Å²) in [5.41, 5.74) is 5.41. The van der Waals surface area contributed by atoms with Gasteiger partial charge in [0.05, 0.1) is 4.75 Å². The average Bonchev–Trinajstić information content (AvgIpc) is 1.98. The van der Waals surface area contributed by atoms with Gasteiger partial charge in [0.15, 0.2) is 0 Å². The summed E-state index contributed by atoms with van der Waals surface area (Å²) in [6, 6.07) is -0.149. The molecule has 0 fully saturated rings. The van der Waals surface area contributed by atoms with E-state index in [-0.39, 0.29) is 6.04 Å². The number of hydrogen-bond acceptors (Lipinski definition) is 3. The third-order valence-corrected chi connectivity index (χ3v) is 4.16. The first-order valence-electron chi connectivity index (χ1n) is 4.46. The number of nitrogens with one attached hydrogen (secondary N) is 1. The summed E-state index contributed by atoms with van der Waals surface area (Å²) in [6.45, 7) is 7.24. The molecular formula is C8H20N2O2S. The first-order valence-corrected chi connectivity index (χ1v) is 5.95. The summed E-state index contributed by atoms with van der Waals surface area (Å²) in [5.74, 6) is 0. The minimum Gasteiger partial charge on any atom is -0.329 e. The molecule has 0 aromatic carbocycles. The summed E-state index contributed by atoms with van der Waals surface area (Å²) in [5, 5.41) is 0. The molecule has 1 atom stereocenters. The Morgan fingerprint density at radius 1 is 1.38 bits per heavy atom. The zero-order chi connectivity index (χ0) is 10.7. The van der Waals surface area contributed by atoms with E-state index in [1.807, 2.05) is 6.92 Å². The van der Waals surface area contributed by atoms with E-state index in [9.17, 15) is 8.42 Å². The molecule has 0 saturated carbocycles. The van der Waals surface area contributed by atoms with Gasteiger partial charge in [0.2, 0.25) is 10.0 Å². The van der Waals surface area contributed by atoms with Crippen LogP contribution in [0.2, 0.25) is 0 Å². The first-order chi connectivity index (χ1) is 5.74. The second-order valence-electron chi connectivity index (χ2n) is 4.07. The van der Waals surface area contributed by atoms with Gasteiger partial charge in [-0.2, -0.15) is 0 Å². The van der Waals surface area contributed by atoms with Crippen molar-refractivity contribution in [3.8, 4) is 0 Å². The Labute approximate surface area is 80.9 Å². The van der Waals surface area contributed by atoms with Crippen LogP contribution in [0.15, 0.2) is 0 Å². The molecule has 1 unspecified atom stereocenters. The van der Waals surface area contributed by atoms with Crippen molar-refractivity contribution in [3.63, 3.8) is 0 Å². The average molecular weight is 208 g/mol. The van der Waals surface area contributed by atoms with E-state index in [1.165, 1.54) is 0 Å². The lowest BCUT2D eigenvalue weighted by atomic mass is 10.2. The van der Waals surface area contributed by atoms with Crippen molar-refractivity contribution < 1.29 is 8.42 Å². The minimum atomic E-state index is -3.25. The summed E-state index contributed by atoms with van der Waals surface area (Å²) in [6.07, 6.45) is 0.714. The van der Waals surface area contributed by atoms with Crippen LogP contribution in [0.5, 0.6) is 0 Å². The molecule has 80 valence electrons. The highest BCUT2D eigenvalue weighted by Gasteiger charge is 2.30. The molecule has 0 amide bonds. The standard InChI is InChI=1S/C8H20N2O2S/c1-5-7(6-9)10-13(11,12)8(2,3)4/h7,10H,5-6,9H2,1-4H3. The molecule has 0 heterocycles. The summed E-state index contributed by atoms with van der Waals surface area (Å²) < 4.78 is 25.0. The Hall–Kier alpha value is -0.130. The van der Waals surface area contributed by atoms with E-state index in [0.29, 0.717) is 13.0 Å². The molecule has 0 aromatic rings. The number of hydrogen-bond donors (Lipinski definition) is 2. The van der Waals surface area contributed by atoms with Gasteiger partial charge in [-0.25, -0.2) is 13.1 Å². The second-order valence-corrected chi connectivity index (χ2v) is 6.54. The van der Waals surface area contributed by atoms with Crippen molar-refractivity contribution >= 4 is 10.0 Å². The lowest BCUT2D eigenvalue weighted by Crippen LogP contribution is -2.47. The van der Waals surface area contributed by atoms with Crippen LogP contribution in [0.4, 0.5) is 0 Å². The fraction of sp³-hybridized carbons (Fsp3) is 1.00.